The van der Waals surface area contributed by atoms with E-state index in [0.29, 0.717) is 12.1 Å². The monoisotopic (exact) mass is 138 g/mol. The minimum atomic E-state index is 0.642. The van der Waals surface area contributed by atoms with E-state index in [2.05, 4.69) is 23.6 Å². The Morgan fingerprint density at radius 2 is 2.50 bits per heavy atom. The maximum Gasteiger partial charge on any atom is 0.0420 e. The van der Waals surface area contributed by atoms with Crippen LogP contribution in [0.3, 0.4) is 0 Å². The Morgan fingerprint density at radius 3 is 3.40 bits per heavy atom. The maximum atomic E-state index is 3.55. The fourth-order valence-electron chi connectivity index (χ4n) is 1.74. The van der Waals surface area contributed by atoms with Gasteiger partial charge < -0.3 is 10.6 Å². The number of hydrogen-bond acceptors (Lipinski definition) is 2. The summed E-state index contributed by atoms with van der Waals surface area (Å²) < 4.78 is 0. The molecule has 1 fully saturated rings. The molecule has 0 aromatic heterocycles. The number of rotatable bonds is 0. The fraction of sp³-hybridized carbons (Fsp3) is 0.750. The van der Waals surface area contributed by atoms with Crippen molar-refractivity contribution in [3.8, 4) is 0 Å². The molecule has 0 aliphatic carbocycles. The minimum Gasteiger partial charge on any atom is -0.311 e. The molecule has 2 unspecified atom stereocenters. The molecule has 2 heteroatoms. The van der Waals surface area contributed by atoms with E-state index in [1.54, 1.807) is 5.57 Å². The highest BCUT2D eigenvalue weighted by Crippen LogP contribution is 2.15. The largest absolute Gasteiger partial charge is 0.311 e. The summed E-state index contributed by atoms with van der Waals surface area (Å²) in [6.45, 7) is 4.46. The van der Waals surface area contributed by atoms with Crippen molar-refractivity contribution in [1.29, 1.82) is 0 Å². The highest BCUT2D eigenvalue weighted by Gasteiger charge is 2.24. The van der Waals surface area contributed by atoms with Gasteiger partial charge in [-0.1, -0.05) is 6.08 Å². The molecule has 0 bridgehead atoms. The maximum absolute atomic E-state index is 3.55. The average molecular weight is 138 g/mol. The fourth-order valence-corrected chi connectivity index (χ4v) is 1.74. The third-order valence-corrected chi connectivity index (χ3v) is 2.34. The lowest BCUT2D eigenvalue weighted by Crippen LogP contribution is -2.41. The minimum absolute atomic E-state index is 0.642. The molecule has 0 radical (unpaired) electrons. The van der Waals surface area contributed by atoms with E-state index in [1.807, 2.05) is 0 Å². The molecule has 1 saturated heterocycles. The molecule has 0 aromatic rings. The lowest BCUT2D eigenvalue weighted by Gasteiger charge is -2.23. The van der Waals surface area contributed by atoms with Crippen LogP contribution in [0.5, 0.6) is 0 Å². The van der Waals surface area contributed by atoms with Crippen molar-refractivity contribution in [1.82, 2.24) is 10.6 Å². The topological polar surface area (TPSA) is 24.1 Å². The van der Waals surface area contributed by atoms with Gasteiger partial charge in [0.1, 0.15) is 0 Å². The smallest absolute Gasteiger partial charge is 0.0420 e. The van der Waals surface area contributed by atoms with E-state index >= 15 is 0 Å². The molecule has 0 spiro atoms. The Morgan fingerprint density at radius 1 is 1.60 bits per heavy atom. The third kappa shape index (κ3) is 0.976. The first kappa shape index (κ1) is 6.38. The van der Waals surface area contributed by atoms with E-state index in [-0.39, 0.29) is 0 Å². The van der Waals surface area contributed by atoms with Crippen molar-refractivity contribution >= 4 is 0 Å². The van der Waals surface area contributed by atoms with Crippen molar-refractivity contribution < 1.29 is 0 Å². The van der Waals surface area contributed by atoms with Gasteiger partial charge in [-0.05, 0) is 18.9 Å². The van der Waals surface area contributed by atoms with E-state index in [1.165, 1.54) is 6.42 Å². The van der Waals surface area contributed by atoms with Gasteiger partial charge in [0, 0.05) is 25.2 Å². The van der Waals surface area contributed by atoms with E-state index in [0.717, 1.165) is 13.1 Å². The van der Waals surface area contributed by atoms with E-state index in [9.17, 15) is 0 Å². The van der Waals surface area contributed by atoms with E-state index < -0.39 is 0 Å². The summed E-state index contributed by atoms with van der Waals surface area (Å²) in [5, 5.41) is 6.90. The predicted molar refractivity (Wildman–Crippen MR) is 42.0 cm³/mol. The Bertz CT molecular complexity index is 163. The van der Waals surface area contributed by atoms with Crippen LogP contribution in [0.4, 0.5) is 0 Å². The van der Waals surface area contributed by atoms with Crippen molar-refractivity contribution in [2.24, 2.45) is 0 Å². The van der Waals surface area contributed by atoms with Gasteiger partial charge in [0.25, 0.3) is 0 Å². The molecular formula is C8H14N2. The van der Waals surface area contributed by atoms with Crippen LogP contribution in [0, 0.1) is 0 Å². The van der Waals surface area contributed by atoms with Gasteiger partial charge in [0.15, 0.2) is 0 Å². The van der Waals surface area contributed by atoms with Gasteiger partial charge in [-0.2, -0.15) is 0 Å². The van der Waals surface area contributed by atoms with Crippen LogP contribution in [0.1, 0.15) is 13.3 Å². The molecule has 2 aliphatic rings. The summed E-state index contributed by atoms with van der Waals surface area (Å²) in [5.41, 5.74) is 1.57. The van der Waals surface area contributed by atoms with Crippen LogP contribution in [-0.2, 0) is 0 Å². The summed E-state index contributed by atoms with van der Waals surface area (Å²) in [4.78, 5) is 0. The Hall–Kier alpha value is -0.340. The van der Waals surface area contributed by atoms with Crippen molar-refractivity contribution in [3.05, 3.63) is 11.6 Å². The second-order valence-electron chi connectivity index (χ2n) is 3.27. The third-order valence-electron chi connectivity index (χ3n) is 2.34. The van der Waals surface area contributed by atoms with Gasteiger partial charge >= 0.3 is 0 Å². The zero-order valence-electron chi connectivity index (χ0n) is 6.35. The highest BCUT2D eigenvalue weighted by molar-refractivity contribution is 5.21. The quantitative estimate of drug-likeness (QED) is 0.469. The Labute approximate surface area is 61.7 Å². The molecule has 0 amide bonds. The van der Waals surface area contributed by atoms with Crippen molar-refractivity contribution in [3.63, 3.8) is 0 Å². The van der Waals surface area contributed by atoms with Crippen LogP contribution < -0.4 is 10.6 Å². The summed E-state index contributed by atoms with van der Waals surface area (Å²) in [7, 11) is 0. The molecule has 10 heavy (non-hydrogen) atoms. The number of hydrogen-bond donors (Lipinski definition) is 2. The predicted octanol–water partition coefficient (Wildman–Crippen LogP) is 0.266. The van der Waals surface area contributed by atoms with Gasteiger partial charge in [-0.3, -0.25) is 0 Å². The average Bonchev–Trinajstić information content (AvgIpc) is 2.33. The molecule has 2 rings (SSSR count). The summed E-state index contributed by atoms with van der Waals surface area (Å²) >= 11 is 0. The molecule has 2 N–H and O–H groups in total. The molecule has 2 nitrogen and oxygen atoms in total. The van der Waals surface area contributed by atoms with Crippen molar-refractivity contribution in [2.45, 2.75) is 25.4 Å². The Balaban J connectivity index is 2.12. The molecule has 2 heterocycles. The molecule has 0 saturated carbocycles. The van der Waals surface area contributed by atoms with Gasteiger partial charge in [-0.25, -0.2) is 0 Å². The molecule has 2 atom stereocenters. The van der Waals surface area contributed by atoms with Gasteiger partial charge in [0.05, 0.1) is 0 Å². The second-order valence-corrected chi connectivity index (χ2v) is 3.27. The molecule has 2 aliphatic heterocycles. The normalized spacial score (nSPS) is 39.1. The van der Waals surface area contributed by atoms with Crippen molar-refractivity contribution in [2.75, 3.05) is 13.1 Å². The first-order valence-electron chi connectivity index (χ1n) is 4.02. The molecular weight excluding hydrogens is 124 g/mol. The molecule has 56 valence electrons. The first-order valence-corrected chi connectivity index (χ1v) is 4.02. The second kappa shape index (κ2) is 2.36. The van der Waals surface area contributed by atoms with Crippen LogP contribution in [0.15, 0.2) is 11.6 Å². The Kier molecular flexibility index (Phi) is 1.51. The lowest BCUT2D eigenvalue weighted by molar-refractivity contribution is 0.480. The lowest BCUT2D eigenvalue weighted by atomic mass is 10.0. The van der Waals surface area contributed by atoms with Crippen LogP contribution in [-0.4, -0.2) is 25.2 Å². The zero-order valence-corrected chi connectivity index (χ0v) is 6.35. The van der Waals surface area contributed by atoms with E-state index in [4.69, 9.17) is 0 Å². The number of nitrogens with one attached hydrogen (secondary N) is 2. The van der Waals surface area contributed by atoms with Crippen LogP contribution >= 0.6 is 0 Å². The van der Waals surface area contributed by atoms with Gasteiger partial charge in [-0.15, -0.1) is 0 Å². The van der Waals surface area contributed by atoms with Gasteiger partial charge in [0.2, 0.25) is 0 Å². The molecule has 0 aromatic carbocycles. The zero-order chi connectivity index (χ0) is 6.97. The number of fused-ring (bicyclic) bond motifs is 1. The van der Waals surface area contributed by atoms with Crippen LogP contribution in [0.25, 0.3) is 0 Å². The first-order chi connectivity index (χ1) is 4.86. The summed E-state index contributed by atoms with van der Waals surface area (Å²) in [6.07, 6.45) is 3.58. The highest BCUT2D eigenvalue weighted by atomic mass is 15.1. The SMILES string of the molecule is CC1CC=C2CNCC2N1. The van der Waals surface area contributed by atoms with Crippen LogP contribution in [0.2, 0.25) is 0 Å². The summed E-state index contributed by atoms with van der Waals surface area (Å²) in [5.74, 6) is 0. The standard InChI is InChI=1S/C8H14N2/c1-6-2-3-7-4-9-5-8(7)10-6/h3,6,8-10H,2,4-5H2,1H3. The summed E-state index contributed by atoms with van der Waals surface area (Å²) in [6, 6.07) is 1.32.